The number of benzene rings is 1. The number of thiazole rings is 1. The number of hydrogen-bond donors (Lipinski definition) is 1. The van der Waals surface area contributed by atoms with Crippen molar-refractivity contribution in [1.82, 2.24) is 10.3 Å². The predicted octanol–water partition coefficient (Wildman–Crippen LogP) is 2.53. The number of aryl methyl sites for hydroxylation is 1. The minimum Gasteiger partial charge on any atom is -0.312 e. The first-order valence-corrected chi connectivity index (χ1v) is 8.93. The summed E-state index contributed by atoms with van der Waals surface area (Å²) in [6, 6.07) is 8.51. The summed E-state index contributed by atoms with van der Waals surface area (Å²) < 4.78 is 24.6. The third-order valence-electron chi connectivity index (χ3n) is 2.89. The molecule has 2 rings (SSSR count). The zero-order valence-corrected chi connectivity index (χ0v) is 13.2. The summed E-state index contributed by atoms with van der Waals surface area (Å²) in [5.41, 5.74) is 0.911. The molecule has 6 heteroatoms. The quantitative estimate of drug-likeness (QED) is 0.891. The number of aromatic nitrogens is 1. The van der Waals surface area contributed by atoms with E-state index < -0.39 is 9.84 Å². The SMILES string of the molecule is CCNCc1sc(CS(=O)(=O)c2ccccc2)nc1C. The molecule has 0 unspecified atom stereocenters. The Balaban J connectivity index is 2.18. The van der Waals surface area contributed by atoms with Gasteiger partial charge in [-0.2, -0.15) is 0 Å². The summed E-state index contributed by atoms with van der Waals surface area (Å²) in [6.07, 6.45) is 0. The maximum absolute atomic E-state index is 12.3. The van der Waals surface area contributed by atoms with Gasteiger partial charge in [-0.05, 0) is 25.6 Å². The van der Waals surface area contributed by atoms with Crippen LogP contribution in [0.25, 0.3) is 0 Å². The molecule has 1 aromatic carbocycles. The fraction of sp³-hybridized carbons (Fsp3) is 0.357. The van der Waals surface area contributed by atoms with Crippen LogP contribution in [0.1, 0.15) is 22.5 Å². The highest BCUT2D eigenvalue weighted by Gasteiger charge is 2.18. The van der Waals surface area contributed by atoms with E-state index in [2.05, 4.69) is 10.3 Å². The number of hydrogen-bond acceptors (Lipinski definition) is 5. The zero-order valence-electron chi connectivity index (χ0n) is 11.6. The molecule has 0 fully saturated rings. The van der Waals surface area contributed by atoms with Crippen LogP contribution in [-0.4, -0.2) is 19.9 Å². The molecule has 0 saturated heterocycles. The van der Waals surface area contributed by atoms with Gasteiger partial charge in [0.05, 0.1) is 10.6 Å². The molecule has 1 N–H and O–H groups in total. The van der Waals surface area contributed by atoms with Crippen LogP contribution in [0.2, 0.25) is 0 Å². The Morgan fingerprint density at radius 3 is 2.60 bits per heavy atom. The maximum Gasteiger partial charge on any atom is 0.184 e. The second-order valence-electron chi connectivity index (χ2n) is 4.47. The van der Waals surface area contributed by atoms with Gasteiger partial charge in [0, 0.05) is 11.4 Å². The van der Waals surface area contributed by atoms with E-state index in [-0.39, 0.29) is 5.75 Å². The number of rotatable bonds is 6. The largest absolute Gasteiger partial charge is 0.312 e. The Morgan fingerprint density at radius 2 is 1.95 bits per heavy atom. The highest BCUT2D eigenvalue weighted by Crippen LogP contribution is 2.22. The van der Waals surface area contributed by atoms with Crippen LogP contribution in [-0.2, 0) is 22.1 Å². The fourth-order valence-corrected chi connectivity index (χ4v) is 4.49. The number of nitrogens with zero attached hydrogens (tertiary/aromatic N) is 1. The Kier molecular flexibility index (Phi) is 4.91. The van der Waals surface area contributed by atoms with Crippen molar-refractivity contribution < 1.29 is 8.42 Å². The van der Waals surface area contributed by atoms with Crippen molar-refractivity contribution >= 4 is 21.2 Å². The van der Waals surface area contributed by atoms with Gasteiger partial charge < -0.3 is 5.32 Å². The molecule has 0 spiro atoms. The lowest BCUT2D eigenvalue weighted by atomic mass is 10.4. The van der Waals surface area contributed by atoms with Crippen molar-refractivity contribution in [3.8, 4) is 0 Å². The second-order valence-corrected chi connectivity index (χ2v) is 7.63. The van der Waals surface area contributed by atoms with Crippen LogP contribution in [0, 0.1) is 6.92 Å². The standard InChI is InChI=1S/C14H18N2O2S2/c1-3-15-9-13-11(2)16-14(19-13)10-20(17,18)12-7-5-4-6-8-12/h4-8,15H,3,9-10H2,1-2H3. The van der Waals surface area contributed by atoms with Crippen molar-refractivity contribution in [2.45, 2.75) is 31.0 Å². The topological polar surface area (TPSA) is 59.1 Å². The van der Waals surface area contributed by atoms with Gasteiger partial charge in [-0.3, -0.25) is 0 Å². The fourth-order valence-electron chi connectivity index (χ4n) is 1.83. The molecule has 0 bridgehead atoms. The summed E-state index contributed by atoms with van der Waals surface area (Å²) in [6.45, 7) is 5.58. The molecule has 1 heterocycles. The smallest absolute Gasteiger partial charge is 0.184 e. The van der Waals surface area contributed by atoms with Crippen LogP contribution in [0.5, 0.6) is 0 Å². The molecule has 2 aromatic rings. The molecule has 1 aromatic heterocycles. The molecular formula is C14H18N2O2S2. The molecule has 0 atom stereocenters. The van der Waals surface area contributed by atoms with Crippen molar-refractivity contribution in [1.29, 1.82) is 0 Å². The predicted molar refractivity (Wildman–Crippen MR) is 81.6 cm³/mol. The minimum atomic E-state index is -3.31. The molecule has 0 aliphatic carbocycles. The molecule has 0 radical (unpaired) electrons. The lowest BCUT2D eigenvalue weighted by molar-refractivity contribution is 0.595. The van der Waals surface area contributed by atoms with Crippen LogP contribution in [0.4, 0.5) is 0 Å². The van der Waals surface area contributed by atoms with E-state index in [0.29, 0.717) is 9.90 Å². The highest BCUT2D eigenvalue weighted by atomic mass is 32.2. The number of nitrogens with one attached hydrogen (secondary N) is 1. The van der Waals surface area contributed by atoms with E-state index in [9.17, 15) is 8.42 Å². The third kappa shape index (κ3) is 3.65. The molecule has 20 heavy (non-hydrogen) atoms. The average Bonchev–Trinajstić information content (AvgIpc) is 2.76. The third-order valence-corrected chi connectivity index (χ3v) is 5.87. The molecule has 108 valence electrons. The first-order valence-electron chi connectivity index (χ1n) is 6.46. The van der Waals surface area contributed by atoms with E-state index in [4.69, 9.17) is 0 Å². The number of sulfone groups is 1. The molecule has 0 saturated carbocycles. The first kappa shape index (κ1) is 15.2. The zero-order chi connectivity index (χ0) is 14.6. The summed E-state index contributed by atoms with van der Waals surface area (Å²) in [4.78, 5) is 5.82. The van der Waals surface area contributed by atoms with E-state index in [1.165, 1.54) is 11.3 Å². The monoisotopic (exact) mass is 310 g/mol. The van der Waals surface area contributed by atoms with Crippen molar-refractivity contribution in [3.05, 3.63) is 45.9 Å². The Labute approximate surface area is 123 Å². The van der Waals surface area contributed by atoms with Crippen LogP contribution in [0.3, 0.4) is 0 Å². The normalized spacial score (nSPS) is 11.7. The van der Waals surface area contributed by atoms with Crippen LogP contribution < -0.4 is 5.32 Å². The van der Waals surface area contributed by atoms with E-state index in [1.54, 1.807) is 30.3 Å². The molecular weight excluding hydrogens is 292 g/mol. The molecule has 0 aliphatic heterocycles. The average molecular weight is 310 g/mol. The van der Waals surface area contributed by atoms with E-state index >= 15 is 0 Å². The van der Waals surface area contributed by atoms with Crippen molar-refractivity contribution in [3.63, 3.8) is 0 Å². The van der Waals surface area contributed by atoms with Gasteiger partial charge in [-0.25, -0.2) is 13.4 Å². The Hall–Kier alpha value is -1.24. The highest BCUT2D eigenvalue weighted by molar-refractivity contribution is 7.90. The Bertz CT molecular complexity index is 664. The lowest BCUT2D eigenvalue weighted by Gasteiger charge is -2.01. The second kappa shape index (κ2) is 6.47. The Morgan fingerprint density at radius 1 is 1.25 bits per heavy atom. The van der Waals surface area contributed by atoms with Crippen LogP contribution in [0.15, 0.2) is 35.2 Å². The minimum absolute atomic E-state index is 0.0331. The molecule has 4 nitrogen and oxygen atoms in total. The van der Waals surface area contributed by atoms with Gasteiger partial charge in [0.2, 0.25) is 0 Å². The van der Waals surface area contributed by atoms with Crippen molar-refractivity contribution in [2.75, 3.05) is 6.54 Å². The lowest BCUT2D eigenvalue weighted by Crippen LogP contribution is -2.11. The first-order chi connectivity index (χ1) is 9.53. The van der Waals surface area contributed by atoms with E-state index in [0.717, 1.165) is 23.7 Å². The summed E-state index contributed by atoms with van der Waals surface area (Å²) in [5.74, 6) is -0.0331. The van der Waals surface area contributed by atoms with Crippen molar-refractivity contribution in [2.24, 2.45) is 0 Å². The molecule has 0 amide bonds. The van der Waals surface area contributed by atoms with Gasteiger partial charge >= 0.3 is 0 Å². The van der Waals surface area contributed by atoms with Gasteiger partial charge in [0.15, 0.2) is 9.84 Å². The summed E-state index contributed by atoms with van der Waals surface area (Å²) >= 11 is 1.47. The van der Waals surface area contributed by atoms with Gasteiger partial charge in [0.25, 0.3) is 0 Å². The van der Waals surface area contributed by atoms with Gasteiger partial charge in [-0.15, -0.1) is 11.3 Å². The summed E-state index contributed by atoms with van der Waals surface area (Å²) in [5, 5.41) is 3.89. The molecule has 0 aliphatic rings. The summed E-state index contributed by atoms with van der Waals surface area (Å²) in [7, 11) is -3.31. The van der Waals surface area contributed by atoms with Crippen LogP contribution >= 0.6 is 11.3 Å². The van der Waals surface area contributed by atoms with E-state index in [1.807, 2.05) is 13.8 Å². The van der Waals surface area contributed by atoms with Gasteiger partial charge in [0.1, 0.15) is 10.8 Å². The maximum atomic E-state index is 12.3. The van der Waals surface area contributed by atoms with Gasteiger partial charge in [-0.1, -0.05) is 25.1 Å².